The van der Waals surface area contributed by atoms with Crippen LogP contribution in [-0.2, 0) is 0 Å². The zero-order valence-corrected chi connectivity index (χ0v) is 8.42. The van der Waals surface area contributed by atoms with Gasteiger partial charge in [-0.05, 0) is 12.5 Å². The van der Waals surface area contributed by atoms with Gasteiger partial charge in [-0.1, -0.05) is 11.3 Å². The molecule has 0 aliphatic carbocycles. The Labute approximate surface area is 85.4 Å². The molecule has 3 rings (SSSR count). The number of nitrogen functional groups attached to an aromatic ring is 1. The van der Waals surface area contributed by atoms with Crippen LogP contribution in [-0.4, -0.2) is 23.1 Å². The first-order valence-electron chi connectivity index (χ1n) is 4.60. The van der Waals surface area contributed by atoms with E-state index in [0.717, 1.165) is 23.4 Å². The summed E-state index contributed by atoms with van der Waals surface area (Å²) in [5, 5.41) is 0.591. The molecule has 0 unspecified atom stereocenters. The minimum Gasteiger partial charge on any atom is -0.375 e. The van der Waals surface area contributed by atoms with Gasteiger partial charge in [0.2, 0.25) is 0 Å². The summed E-state index contributed by atoms with van der Waals surface area (Å²) < 4.78 is 1.08. The third-order valence-electron chi connectivity index (χ3n) is 2.47. The van der Waals surface area contributed by atoms with Gasteiger partial charge in [0.1, 0.15) is 0 Å². The number of hydrogen-bond donors (Lipinski definition) is 1. The molecule has 1 fully saturated rings. The number of nitrogens with two attached hydrogens (primary N) is 1. The summed E-state index contributed by atoms with van der Waals surface area (Å²) in [5.41, 5.74) is 7.57. The van der Waals surface area contributed by atoms with Crippen LogP contribution in [0.1, 0.15) is 6.42 Å². The number of thiazole rings is 1. The van der Waals surface area contributed by atoms with Crippen LogP contribution in [0.5, 0.6) is 0 Å². The van der Waals surface area contributed by atoms with E-state index in [1.807, 2.05) is 6.20 Å². The van der Waals surface area contributed by atoms with Crippen molar-refractivity contribution in [3.63, 3.8) is 0 Å². The molecule has 5 heteroatoms. The van der Waals surface area contributed by atoms with E-state index in [0.29, 0.717) is 5.13 Å². The van der Waals surface area contributed by atoms with Crippen molar-refractivity contribution in [1.82, 2.24) is 9.97 Å². The van der Waals surface area contributed by atoms with Gasteiger partial charge in [0, 0.05) is 13.1 Å². The number of rotatable bonds is 1. The van der Waals surface area contributed by atoms with Crippen LogP contribution in [0.15, 0.2) is 12.3 Å². The fraction of sp³-hybridized carbons (Fsp3) is 0.333. The molecular formula is C9H10N4S. The molecule has 0 spiro atoms. The predicted octanol–water partition coefficient (Wildman–Crippen LogP) is 1.48. The normalized spacial score (nSPS) is 15.9. The number of aromatic nitrogens is 2. The summed E-state index contributed by atoms with van der Waals surface area (Å²) in [6.45, 7) is 2.28. The molecule has 2 aromatic heterocycles. The quantitative estimate of drug-likeness (QED) is 0.768. The van der Waals surface area contributed by atoms with E-state index in [-0.39, 0.29) is 0 Å². The van der Waals surface area contributed by atoms with Crippen molar-refractivity contribution in [2.24, 2.45) is 0 Å². The molecule has 1 aliphatic heterocycles. The lowest BCUT2D eigenvalue weighted by Crippen LogP contribution is -2.36. The highest BCUT2D eigenvalue weighted by Crippen LogP contribution is 2.27. The highest BCUT2D eigenvalue weighted by molar-refractivity contribution is 7.22. The molecular weight excluding hydrogens is 196 g/mol. The summed E-state index contributed by atoms with van der Waals surface area (Å²) in [4.78, 5) is 10.7. The molecule has 2 aromatic rings. The van der Waals surface area contributed by atoms with Gasteiger partial charge in [0.15, 0.2) is 10.8 Å². The number of anilines is 2. The second kappa shape index (κ2) is 2.81. The molecule has 1 aliphatic rings. The SMILES string of the molecule is Nc1nc2ncc(N3CCC3)cc2s1. The lowest BCUT2D eigenvalue weighted by Gasteiger charge is -2.32. The molecule has 14 heavy (non-hydrogen) atoms. The largest absolute Gasteiger partial charge is 0.375 e. The molecule has 0 radical (unpaired) electrons. The van der Waals surface area contributed by atoms with Crippen LogP contribution in [0.4, 0.5) is 10.8 Å². The van der Waals surface area contributed by atoms with Crippen molar-refractivity contribution in [1.29, 1.82) is 0 Å². The molecule has 0 bridgehead atoms. The molecule has 0 saturated carbocycles. The third kappa shape index (κ3) is 1.13. The average Bonchev–Trinajstić information content (AvgIpc) is 2.40. The van der Waals surface area contributed by atoms with Crippen molar-refractivity contribution < 1.29 is 0 Å². The van der Waals surface area contributed by atoms with Crippen LogP contribution in [0.3, 0.4) is 0 Å². The summed E-state index contributed by atoms with van der Waals surface area (Å²) in [7, 11) is 0. The minimum atomic E-state index is 0.591. The average molecular weight is 206 g/mol. The Hall–Kier alpha value is -1.36. The topological polar surface area (TPSA) is 55.0 Å². The van der Waals surface area contributed by atoms with Crippen LogP contribution >= 0.6 is 11.3 Å². The highest BCUT2D eigenvalue weighted by atomic mass is 32.1. The molecule has 4 nitrogen and oxygen atoms in total. The second-order valence-electron chi connectivity index (χ2n) is 3.41. The monoisotopic (exact) mass is 206 g/mol. The Morgan fingerprint density at radius 1 is 1.43 bits per heavy atom. The number of pyridine rings is 1. The zero-order chi connectivity index (χ0) is 9.54. The first-order valence-corrected chi connectivity index (χ1v) is 5.41. The van der Waals surface area contributed by atoms with Gasteiger partial charge in [0.25, 0.3) is 0 Å². The Kier molecular flexibility index (Phi) is 1.61. The molecule has 3 heterocycles. The maximum Gasteiger partial charge on any atom is 0.182 e. The van der Waals surface area contributed by atoms with E-state index in [4.69, 9.17) is 5.73 Å². The first kappa shape index (κ1) is 7.99. The minimum absolute atomic E-state index is 0.591. The maximum atomic E-state index is 5.62. The Morgan fingerprint density at radius 2 is 2.29 bits per heavy atom. The lowest BCUT2D eigenvalue weighted by atomic mass is 10.2. The van der Waals surface area contributed by atoms with Crippen molar-refractivity contribution >= 4 is 32.5 Å². The molecule has 2 N–H and O–H groups in total. The van der Waals surface area contributed by atoms with Crippen molar-refractivity contribution in [3.8, 4) is 0 Å². The van der Waals surface area contributed by atoms with Gasteiger partial charge in [-0.2, -0.15) is 0 Å². The summed E-state index contributed by atoms with van der Waals surface area (Å²) in [6, 6.07) is 2.12. The van der Waals surface area contributed by atoms with Crippen LogP contribution in [0.25, 0.3) is 10.3 Å². The van der Waals surface area contributed by atoms with E-state index in [1.54, 1.807) is 0 Å². The number of nitrogens with zero attached hydrogens (tertiary/aromatic N) is 3. The molecule has 0 amide bonds. The maximum absolute atomic E-state index is 5.62. The standard InChI is InChI=1S/C9H10N4S/c10-9-12-8-7(14-9)4-6(5-11-8)13-2-1-3-13/h4-5H,1-3H2,(H2,10,11,12). The Morgan fingerprint density at radius 3 is 3.00 bits per heavy atom. The van der Waals surface area contributed by atoms with Gasteiger partial charge in [-0.3, -0.25) is 0 Å². The fourth-order valence-corrected chi connectivity index (χ4v) is 2.30. The van der Waals surface area contributed by atoms with Gasteiger partial charge in [0.05, 0.1) is 16.6 Å². The second-order valence-corrected chi connectivity index (χ2v) is 4.47. The van der Waals surface area contributed by atoms with Crippen LogP contribution < -0.4 is 10.6 Å². The van der Waals surface area contributed by atoms with Gasteiger partial charge < -0.3 is 10.6 Å². The fourth-order valence-electron chi connectivity index (χ4n) is 1.57. The summed E-state index contributed by atoms with van der Waals surface area (Å²) in [6.07, 6.45) is 3.16. The van der Waals surface area contributed by atoms with Gasteiger partial charge >= 0.3 is 0 Å². The number of hydrogen-bond acceptors (Lipinski definition) is 5. The van der Waals surface area contributed by atoms with E-state index in [9.17, 15) is 0 Å². The van der Waals surface area contributed by atoms with Gasteiger partial charge in [-0.25, -0.2) is 9.97 Å². The van der Waals surface area contributed by atoms with Crippen LogP contribution in [0, 0.1) is 0 Å². The molecule has 0 aromatic carbocycles. The van der Waals surface area contributed by atoms with E-state index in [1.165, 1.54) is 23.4 Å². The zero-order valence-electron chi connectivity index (χ0n) is 7.60. The van der Waals surface area contributed by atoms with E-state index < -0.39 is 0 Å². The van der Waals surface area contributed by atoms with Gasteiger partial charge in [-0.15, -0.1) is 0 Å². The molecule has 72 valence electrons. The van der Waals surface area contributed by atoms with Crippen LogP contribution in [0.2, 0.25) is 0 Å². The van der Waals surface area contributed by atoms with Crippen molar-refractivity contribution in [2.45, 2.75) is 6.42 Å². The van der Waals surface area contributed by atoms with E-state index in [2.05, 4.69) is 20.9 Å². The Bertz CT molecular complexity index is 475. The predicted molar refractivity (Wildman–Crippen MR) is 58.7 cm³/mol. The highest BCUT2D eigenvalue weighted by Gasteiger charge is 2.15. The summed E-state index contributed by atoms with van der Waals surface area (Å²) >= 11 is 1.50. The first-order chi connectivity index (χ1) is 6.83. The summed E-state index contributed by atoms with van der Waals surface area (Å²) in [5.74, 6) is 0. The molecule has 1 saturated heterocycles. The number of fused-ring (bicyclic) bond motifs is 1. The lowest BCUT2D eigenvalue weighted by molar-refractivity contribution is 0.617. The van der Waals surface area contributed by atoms with E-state index >= 15 is 0 Å². The molecule has 0 atom stereocenters. The van der Waals surface area contributed by atoms with Crippen molar-refractivity contribution in [2.75, 3.05) is 23.7 Å². The Balaban J connectivity index is 2.09. The smallest absolute Gasteiger partial charge is 0.182 e. The van der Waals surface area contributed by atoms with Crippen molar-refractivity contribution in [3.05, 3.63) is 12.3 Å². The third-order valence-corrected chi connectivity index (χ3v) is 3.29.